The Morgan fingerprint density at radius 1 is 1.05 bits per heavy atom. The van der Waals surface area contributed by atoms with Gasteiger partial charge in [0.15, 0.2) is 0 Å². The zero-order chi connectivity index (χ0) is 26.4. The lowest BCUT2D eigenvalue weighted by Crippen LogP contribution is -2.51. The molecule has 0 unspecified atom stereocenters. The van der Waals surface area contributed by atoms with Crippen LogP contribution in [-0.4, -0.2) is 65.8 Å². The Labute approximate surface area is 224 Å². The van der Waals surface area contributed by atoms with E-state index >= 15 is 0 Å². The molecule has 1 saturated heterocycles. The van der Waals surface area contributed by atoms with E-state index in [-0.39, 0.29) is 18.1 Å². The van der Waals surface area contributed by atoms with Crippen molar-refractivity contribution in [3.63, 3.8) is 0 Å². The molecule has 2 amide bonds. The molecule has 0 radical (unpaired) electrons. The van der Waals surface area contributed by atoms with Gasteiger partial charge < -0.3 is 19.6 Å². The lowest BCUT2D eigenvalue weighted by Gasteiger charge is -2.58. The molecule has 3 saturated carbocycles. The number of nitrogens with zero attached hydrogens (tertiary/aromatic N) is 2. The van der Waals surface area contributed by atoms with Crippen LogP contribution in [0, 0.1) is 40.4 Å². The van der Waals surface area contributed by atoms with Crippen molar-refractivity contribution in [1.29, 1.82) is 0 Å². The summed E-state index contributed by atoms with van der Waals surface area (Å²) in [7, 11) is 0. The number of rotatable bonds is 5. The monoisotopic (exact) mass is 514 g/mol. The third-order valence-electron chi connectivity index (χ3n) is 11.8. The Bertz CT molecular complexity index is 896. The SMILES string of the molecule is CCOC(=O)N1CCN(C(=O)CC[C@@H](C)[C@H]2CC[C@H]3[C@@H]4CC=C5C[C@@H](O)CC[C@]5(C)[C@H]4CC[C@]23C)CC1. The molecule has 8 atom stereocenters. The number of aliphatic hydroxyl groups excluding tert-OH is 1. The first-order valence-corrected chi connectivity index (χ1v) is 15.2. The van der Waals surface area contributed by atoms with Crippen molar-refractivity contribution in [2.45, 2.75) is 98.0 Å². The smallest absolute Gasteiger partial charge is 0.409 e. The van der Waals surface area contributed by atoms with Crippen molar-refractivity contribution in [1.82, 2.24) is 9.80 Å². The lowest BCUT2D eigenvalue weighted by molar-refractivity contribution is -0.133. The van der Waals surface area contributed by atoms with E-state index in [2.05, 4.69) is 26.8 Å². The average Bonchev–Trinajstić information content (AvgIpc) is 3.25. The molecule has 0 aromatic heterocycles. The van der Waals surface area contributed by atoms with Crippen molar-refractivity contribution in [2.75, 3.05) is 32.8 Å². The number of hydrogen-bond acceptors (Lipinski definition) is 4. The van der Waals surface area contributed by atoms with Gasteiger partial charge in [0.1, 0.15) is 0 Å². The number of allylic oxidation sites excluding steroid dienone is 1. The number of carbonyl (C=O) groups is 2. The summed E-state index contributed by atoms with van der Waals surface area (Å²) in [6.07, 6.45) is 13.3. The zero-order valence-electron chi connectivity index (χ0n) is 23.7. The Kier molecular flexibility index (Phi) is 7.70. The van der Waals surface area contributed by atoms with Crippen LogP contribution in [0.5, 0.6) is 0 Å². The molecule has 5 rings (SSSR count). The molecule has 208 valence electrons. The fourth-order valence-corrected chi connectivity index (χ4v) is 9.68. The first-order chi connectivity index (χ1) is 17.7. The predicted octanol–water partition coefficient (Wildman–Crippen LogP) is 5.64. The van der Waals surface area contributed by atoms with Crippen molar-refractivity contribution >= 4 is 12.0 Å². The average molecular weight is 515 g/mol. The van der Waals surface area contributed by atoms with Gasteiger partial charge in [-0.05, 0) is 105 Å². The van der Waals surface area contributed by atoms with Gasteiger partial charge in [-0.2, -0.15) is 0 Å². The maximum absolute atomic E-state index is 13.0. The summed E-state index contributed by atoms with van der Waals surface area (Å²) in [6.45, 7) is 12.1. The molecule has 0 aromatic rings. The van der Waals surface area contributed by atoms with Crippen molar-refractivity contribution < 1.29 is 19.4 Å². The highest BCUT2D eigenvalue weighted by molar-refractivity contribution is 5.76. The minimum Gasteiger partial charge on any atom is -0.450 e. The van der Waals surface area contributed by atoms with Crippen LogP contribution < -0.4 is 0 Å². The second-order valence-corrected chi connectivity index (χ2v) is 13.5. The number of fused-ring (bicyclic) bond motifs is 5. The molecule has 0 bridgehead atoms. The second-order valence-electron chi connectivity index (χ2n) is 13.5. The molecule has 5 aliphatic rings. The third kappa shape index (κ3) is 4.85. The Hall–Kier alpha value is -1.56. The van der Waals surface area contributed by atoms with Gasteiger partial charge in [-0.25, -0.2) is 4.79 Å². The van der Waals surface area contributed by atoms with Crippen LogP contribution in [0.25, 0.3) is 0 Å². The lowest BCUT2D eigenvalue weighted by atomic mass is 9.47. The van der Waals surface area contributed by atoms with E-state index in [0.717, 1.165) is 43.4 Å². The van der Waals surface area contributed by atoms with Gasteiger partial charge >= 0.3 is 6.09 Å². The minimum absolute atomic E-state index is 0.134. The van der Waals surface area contributed by atoms with Crippen molar-refractivity contribution in [3.05, 3.63) is 11.6 Å². The minimum atomic E-state index is -0.262. The van der Waals surface area contributed by atoms with E-state index in [1.54, 1.807) is 10.5 Å². The predicted molar refractivity (Wildman–Crippen MR) is 145 cm³/mol. The second kappa shape index (κ2) is 10.5. The quantitative estimate of drug-likeness (QED) is 0.482. The van der Waals surface area contributed by atoms with Gasteiger partial charge in [-0.3, -0.25) is 4.79 Å². The van der Waals surface area contributed by atoms with Crippen molar-refractivity contribution in [2.24, 2.45) is 40.4 Å². The summed E-state index contributed by atoms with van der Waals surface area (Å²) in [5.74, 6) is 3.88. The van der Waals surface area contributed by atoms with Crippen LogP contribution in [-0.2, 0) is 9.53 Å². The highest BCUT2D eigenvalue weighted by atomic mass is 16.6. The molecule has 0 aromatic carbocycles. The first kappa shape index (κ1) is 27.0. The number of ether oxygens (including phenoxy) is 1. The van der Waals surface area contributed by atoms with Crippen LogP contribution >= 0.6 is 0 Å². The molecule has 6 nitrogen and oxygen atoms in total. The van der Waals surface area contributed by atoms with E-state index in [9.17, 15) is 14.7 Å². The maximum Gasteiger partial charge on any atom is 0.409 e. The Morgan fingerprint density at radius 2 is 1.78 bits per heavy atom. The summed E-state index contributed by atoms with van der Waals surface area (Å²) < 4.78 is 5.10. The summed E-state index contributed by atoms with van der Waals surface area (Å²) in [4.78, 5) is 28.6. The van der Waals surface area contributed by atoms with Crippen LogP contribution in [0.4, 0.5) is 4.79 Å². The largest absolute Gasteiger partial charge is 0.450 e. The maximum atomic E-state index is 13.0. The molecular weight excluding hydrogens is 464 g/mol. The number of carbonyl (C=O) groups excluding carboxylic acids is 2. The van der Waals surface area contributed by atoms with Crippen LogP contribution in [0.3, 0.4) is 0 Å². The molecule has 6 heteroatoms. The first-order valence-electron chi connectivity index (χ1n) is 15.2. The van der Waals surface area contributed by atoms with E-state index in [0.29, 0.717) is 61.9 Å². The summed E-state index contributed by atoms with van der Waals surface area (Å²) in [5.41, 5.74) is 2.25. The zero-order valence-corrected chi connectivity index (χ0v) is 23.7. The fraction of sp³-hybridized carbons (Fsp3) is 0.871. The van der Waals surface area contributed by atoms with Crippen LogP contribution in [0.15, 0.2) is 11.6 Å². The number of aliphatic hydroxyl groups is 1. The fourth-order valence-electron chi connectivity index (χ4n) is 9.68. The molecule has 1 N–H and O–H groups in total. The Morgan fingerprint density at radius 3 is 2.51 bits per heavy atom. The van der Waals surface area contributed by atoms with Crippen LogP contribution in [0.2, 0.25) is 0 Å². The van der Waals surface area contributed by atoms with Gasteiger partial charge in [0.25, 0.3) is 0 Å². The topological polar surface area (TPSA) is 70.1 Å². The van der Waals surface area contributed by atoms with Gasteiger partial charge in [-0.1, -0.05) is 32.4 Å². The molecule has 1 aliphatic heterocycles. The highest BCUT2D eigenvalue weighted by Gasteiger charge is 2.59. The third-order valence-corrected chi connectivity index (χ3v) is 11.8. The molecule has 4 fully saturated rings. The van der Waals surface area contributed by atoms with E-state index in [4.69, 9.17) is 4.74 Å². The molecule has 1 heterocycles. The molecule has 37 heavy (non-hydrogen) atoms. The summed E-state index contributed by atoms with van der Waals surface area (Å²) >= 11 is 0. The standard InChI is InChI=1S/C31H50N2O4/c1-5-37-29(36)33-18-16-32(17-19-33)28(35)11-6-21(2)25-9-10-26-24-8-7-22-20-23(34)12-14-30(22,3)27(24)13-15-31(25,26)4/h7,21,23-27,34H,5-6,8-20H2,1-4H3/t21-,23+,24+,25-,26+,27+,30+,31-/m1/s1. The Balaban J connectivity index is 1.16. The normalized spacial score (nSPS) is 40.2. The molecule has 0 spiro atoms. The molecule has 4 aliphatic carbocycles. The molecular formula is C31H50N2O4. The van der Waals surface area contributed by atoms with Crippen LogP contribution in [0.1, 0.15) is 91.9 Å². The van der Waals surface area contributed by atoms with Gasteiger partial charge in [-0.15, -0.1) is 0 Å². The number of amides is 2. The van der Waals surface area contributed by atoms with Gasteiger partial charge in [0, 0.05) is 32.6 Å². The van der Waals surface area contributed by atoms with Gasteiger partial charge in [0.2, 0.25) is 5.91 Å². The summed E-state index contributed by atoms with van der Waals surface area (Å²) in [6, 6.07) is 0. The van der Waals surface area contributed by atoms with E-state index in [1.165, 1.54) is 32.1 Å². The number of hydrogen-bond donors (Lipinski definition) is 1. The van der Waals surface area contributed by atoms with Gasteiger partial charge in [0.05, 0.1) is 12.7 Å². The van der Waals surface area contributed by atoms with E-state index in [1.807, 2.05) is 11.8 Å². The highest BCUT2D eigenvalue weighted by Crippen LogP contribution is 2.67. The number of piperazine rings is 1. The van der Waals surface area contributed by atoms with E-state index < -0.39 is 0 Å². The summed E-state index contributed by atoms with van der Waals surface area (Å²) in [5, 5.41) is 10.3. The van der Waals surface area contributed by atoms with Crippen molar-refractivity contribution in [3.8, 4) is 0 Å².